The largest absolute Gasteiger partial charge is 2.00 e. The fourth-order valence-corrected chi connectivity index (χ4v) is 5.44. The minimum Gasteiger partial charge on any atom is -0.748 e. The number of hydrogen-bond donors (Lipinski definition) is 0. The van der Waals surface area contributed by atoms with Gasteiger partial charge in [0.1, 0.15) is 0 Å². The first-order chi connectivity index (χ1) is 18.5. The minimum atomic E-state index is -3.92. The van der Waals surface area contributed by atoms with Crippen molar-refractivity contribution in [2.75, 3.05) is 12.5 Å². The fourth-order valence-electron chi connectivity index (χ4n) is 3.93. The van der Waals surface area contributed by atoms with Gasteiger partial charge in [0.2, 0.25) is 0 Å². The number of fused-ring (bicyclic) bond motifs is 6. The van der Waals surface area contributed by atoms with E-state index in [1.165, 1.54) is 43.1 Å². The SMILES string of the molecule is Brc1ccc2c(c1)[cH-]c1cc(Br)ccc12.Brc1ccc2c(c1)[cH-]c1cc(Br)ccc12.CS(=O)(=O)[O-].CS(=O)(=O)[O-].[Zr+2].[Zr+2]. The summed E-state index contributed by atoms with van der Waals surface area (Å²) in [6.07, 6.45) is 1.21. The number of hydrogen-bond acceptors (Lipinski definition) is 6. The van der Waals surface area contributed by atoms with Crippen molar-refractivity contribution in [2.45, 2.75) is 0 Å². The molecule has 0 amide bonds. The first kappa shape index (κ1) is 40.1. The van der Waals surface area contributed by atoms with Gasteiger partial charge in [0.15, 0.2) is 0 Å². The Morgan fingerprint density at radius 1 is 0.476 bits per heavy atom. The van der Waals surface area contributed by atoms with Crippen LogP contribution in [0.3, 0.4) is 0 Å². The number of halogens is 4. The normalized spacial score (nSPS) is 10.9. The molecule has 0 saturated carbocycles. The predicted molar refractivity (Wildman–Crippen MR) is 176 cm³/mol. The summed E-state index contributed by atoms with van der Waals surface area (Å²) in [5.74, 6) is 0. The summed E-state index contributed by atoms with van der Waals surface area (Å²) in [5, 5.41) is 10.4. The van der Waals surface area contributed by atoms with E-state index >= 15 is 0 Å². The second-order valence-electron chi connectivity index (χ2n) is 8.62. The van der Waals surface area contributed by atoms with Crippen molar-refractivity contribution in [3.05, 3.63) is 103 Å². The molecule has 0 atom stereocenters. The first-order valence-corrected chi connectivity index (χ1v) is 18.0. The Kier molecular flexibility index (Phi) is 16.4. The van der Waals surface area contributed by atoms with E-state index in [2.05, 4.69) is 149 Å². The summed E-state index contributed by atoms with van der Waals surface area (Å²) in [4.78, 5) is 0. The van der Waals surface area contributed by atoms with Crippen molar-refractivity contribution in [1.82, 2.24) is 0 Å². The quantitative estimate of drug-likeness (QED) is 0.111. The molecule has 0 spiro atoms. The van der Waals surface area contributed by atoms with Crippen LogP contribution in [0.15, 0.2) is 103 Å². The monoisotopic (exact) mass is 1010 g/mol. The Morgan fingerprint density at radius 3 is 0.810 bits per heavy atom. The maximum atomic E-state index is 9.08. The molecule has 6 aromatic rings. The van der Waals surface area contributed by atoms with Crippen LogP contribution in [-0.4, -0.2) is 38.5 Å². The summed E-state index contributed by atoms with van der Waals surface area (Å²) in [6.45, 7) is 0. The van der Waals surface area contributed by atoms with Gasteiger partial charge in [-0.15, -0.1) is 79.5 Å². The molecule has 0 unspecified atom stereocenters. The standard InChI is InChI=1S/2C13H7Br2.2CH4O3S.2Zr/c2*14-10-1-3-12-8(6-10)5-9-7-11(15)2-4-13(9)12;2*1-5(2,3)4;;/h2*1-7H;2*1H3,(H,2,3,4);;/q2*-1;;;2*+2/p-2. The zero-order chi connectivity index (χ0) is 29.8. The summed E-state index contributed by atoms with van der Waals surface area (Å²) in [7, 11) is -7.83. The van der Waals surface area contributed by atoms with Gasteiger partial charge < -0.3 is 9.11 Å². The Morgan fingerprint density at radius 2 is 0.643 bits per heavy atom. The van der Waals surface area contributed by atoms with Gasteiger partial charge in [0.25, 0.3) is 0 Å². The van der Waals surface area contributed by atoms with Crippen LogP contribution in [0.1, 0.15) is 0 Å². The summed E-state index contributed by atoms with van der Waals surface area (Å²) < 4.78 is 59.0. The number of rotatable bonds is 0. The molecule has 0 N–H and O–H groups in total. The van der Waals surface area contributed by atoms with Gasteiger partial charge in [-0.2, -0.15) is 0 Å². The summed E-state index contributed by atoms with van der Waals surface area (Å²) in [5.41, 5.74) is 0. The van der Waals surface area contributed by atoms with Crippen LogP contribution in [0.2, 0.25) is 0 Å². The molecule has 0 aliphatic rings. The Hall–Kier alpha value is 0.126. The zero-order valence-corrected chi connectivity index (χ0v) is 34.8. The van der Waals surface area contributed by atoms with Crippen molar-refractivity contribution < 1.29 is 78.3 Å². The van der Waals surface area contributed by atoms with Crippen molar-refractivity contribution in [3.8, 4) is 0 Å². The van der Waals surface area contributed by atoms with Gasteiger partial charge in [-0.05, 0) is 17.9 Å². The molecule has 0 saturated heterocycles. The molecule has 6 aromatic carbocycles. The average molecular weight is 1020 g/mol. The van der Waals surface area contributed by atoms with E-state index in [0.717, 1.165) is 17.9 Å². The molecular weight excluding hydrogens is 999 g/mol. The maximum absolute atomic E-state index is 9.08. The van der Waals surface area contributed by atoms with Gasteiger partial charge in [0.05, 0.1) is 20.2 Å². The van der Waals surface area contributed by atoms with E-state index in [1.54, 1.807) is 0 Å². The van der Waals surface area contributed by atoms with Crippen molar-refractivity contribution in [1.29, 1.82) is 0 Å². The molecule has 0 aromatic heterocycles. The second kappa shape index (κ2) is 17.2. The molecule has 216 valence electrons. The second-order valence-corrected chi connectivity index (χ2v) is 15.1. The Bertz CT molecular complexity index is 1760. The van der Waals surface area contributed by atoms with Gasteiger partial charge >= 0.3 is 52.4 Å². The first-order valence-electron chi connectivity index (χ1n) is 11.2. The Balaban J connectivity index is 0.000000310. The van der Waals surface area contributed by atoms with Gasteiger partial charge in [-0.1, -0.05) is 112 Å². The molecule has 0 aliphatic heterocycles. The fraction of sp³-hybridized carbons (Fsp3) is 0.0714. The summed E-state index contributed by atoms with van der Waals surface area (Å²) in [6, 6.07) is 30.1. The Labute approximate surface area is 316 Å². The van der Waals surface area contributed by atoms with Gasteiger partial charge in [-0.25, -0.2) is 16.8 Å². The molecule has 0 bridgehead atoms. The van der Waals surface area contributed by atoms with E-state index in [0.29, 0.717) is 12.5 Å². The minimum absolute atomic E-state index is 0. The molecule has 42 heavy (non-hydrogen) atoms. The van der Waals surface area contributed by atoms with Crippen LogP contribution in [0, 0.1) is 0 Å². The van der Waals surface area contributed by atoms with E-state index in [9.17, 15) is 0 Å². The van der Waals surface area contributed by atoms with Crippen LogP contribution in [0.4, 0.5) is 0 Å². The van der Waals surface area contributed by atoms with E-state index in [4.69, 9.17) is 25.9 Å². The van der Waals surface area contributed by atoms with Crippen LogP contribution in [0.25, 0.3) is 43.1 Å². The maximum Gasteiger partial charge on any atom is 2.00 e. The van der Waals surface area contributed by atoms with Crippen LogP contribution in [0.5, 0.6) is 0 Å². The summed E-state index contributed by atoms with van der Waals surface area (Å²) >= 11 is 14.0. The average Bonchev–Trinajstić information content (AvgIpc) is 3.32. The van der Waals surface area contributed by atoms with Gasteiger partial charge in [0, 0.05) is 12.5 Å². The van der Waals surface area contributed by atoms with E-state index < -0.39 is 20.2 Å². The molecule has 6 nitrogen and oxygen atoms in total. The zero-order valence-electron chi connectivity index (χ0n) is 21.9. The number of benzene rings is 4. The van der Waals surface area contributed by atoms with E-state index in [-0.39, 0.29) is 52.4 Å². The third kappa shape index (κ3) is 13.2. The van der Waals surface area contributed by atoms with E-state index in [1.807, 2.05) is 0 Å². The predicted octanol–water partition coefficient (Wildman–Crippen LogP) is 8.79. The third-order valence-corrected chi connectivity index (χ3v) is 7.23. The van der Waals surface area contributed by atoms with Crippen molar-refractivity contribution >= 4 is 127 Å². The van der Waals surface area contributed by atoms with Crippen LogP contribution < -0.4 is 0 Å². The van der Waals surface area contributed by atoms with Crippen molar-refractivity contribution in [2.24, 2.45) is 0 Å². The van der Waals surface area contributed by atoms with Crippen molar-refractivity contribution in [3.63, 3.8) is 0 Å². The molecule has 0 fully saturated rings. The third-order valence-electron chi connectivity index (χ3n) is 5.26. The molecule has 0 radical (unpaired) electrons. The van der Waals surface area contributed by atoms with Crippen LogP contribution >= 0.6 is 63.7 Å². The topological polar surface area (TPSA) is 114 Å². The van der Waals surface area contributed by atoms with Crippen LogP contribution in [-0.2, 0) is 72.6 Å². The molecule has 0 heterocycles. The molecular formula is C28H20Br4O6S2Zr2. The smallest absolute Gasteiger partial charge is 0.748 e. The molecule has 0 aliphatic carbocycles. The molecule has 14 heteroatoms. The molecule has 6 rings (SSSR count). The van der Waals surface area contributed by atoms with Gasteiger partial charge in [-0.3, -0.25) is 0 Å².